The number of alkyl halides is 6. The van der Waals surface area contributed by atoms with Crippen LogP contribution in [0.2, 0.25) is 0 Å². The van der Waals surface area contributed by atoms with Crippen molar-refractivity contribution in [2.75, 3.05) is 16.4 Å². The van der Waals surface area contributed by atoms with Crippen LogP contribution in [-0.4, -0.2) is 27.9 Å². The molecule has 710 valence electrons. The minimum Gasteiger partial charge on any atom is -0.399 e. The number of hydrogen-bond donors (Lipinski definition) is 3. The van der Waals surface area contributed by atoms with Crippen LogP contribution in [0.3, 0.4) is 0 Å². The molecule has 0 atom stereocenters. The lowest BCUT2D eigenvalue weighted by Crippen LogP contribution is -2.28. The molecule has 0 saturated carbocycles. The number of nitrogens with one attached hydrogen (secondary N) is 2. The second-order valence-corrected chi connectivity index (χ2v) is 40.6. The molecular formula is C118H119BrF6IN3O6S2. The van der Waals surface area contributed by atoms with E-state index >= 15 is 0 Å². The molecule has 137 heavy (non-hydrogen) atoms. The Morgan fingerprint density at radius 2 is 0.577 bits per heavy atom. The van der Waals surface area contributed by atoms with Gasteiger partial charge in [0, 0.05) is 36.5 Å². The molecule has 0 amide bonds. The van der Waals surface area contributed by atoms with Crippen LogP contribution in [0.15, 0.2) is 320 Å². The van der Waals surface area contributed by atoms with Crippen LogP contribution in [-0.2, 0) is 39.5 Å². The first-order valence-electron chi connectivity index (χ1n) is 47.5. The van der Waals surface area contributed by atoms with Gasteiger partial charge in [0.25, 0.3) is 0 Å². The minimum absolute atomic E-state index is 0.471. The summed E-state index contributed by atoms with van der Waals surface area (Å²) >= 11 is 5.63. The van der Waals surface area contributed by atoms with Crippen molar-refractivity contribution in [3.05, 3.63) is 362 Å². The fourth-order valence-electron chi connectivity index (χ4n) is 17.5. The molecule has 19 heteroatoms. The van der Waals surface area contributed by atoms with Crippen molar-refractivity contribution < 1.29 is 51.5 Å². The van der Waals surface area contributed by atoms with Crippen molar-refractivity contribution >= 4 is 130 Å². The molecule has 0 bridgehead atoms. The maximum Gasteiger partial charge on any atom is 0.534 e. The van der Waals surface area contributed by atoms with Crippen LogP contribution in [0.5, 0.6) is 11.5 Å². The molecule has 16 aromatic rings. The van der Waals surface area contributed by atoms with Crippen molar-refractivity contribution in [1.82, 2.24) is 0 Å². The molecule has 0 aliphatic rings. The number of rotatable bonds is 35. The Morgan fingerprint density at radius 3 is 0.861 bits per heavy atom. The summed E-state index contributed by atoms with van der Waals surface area (Å²) in [5, 5.41) is 16.0. The van der Waals surface area contributed by atoms with Crippen LogP contribution in [0.25, 0.3) is 110 Å². The van der Waals surface area contributed by atoms with Gasteiger partial charge in [-0.15, -0.1) is 0 Å². The molecule has 0 aliphatic heterocycles. The lowest BCUT2D eigenvalue weighted by molar-refractivity contribution is -0.0504. The standard InChI is InChI=1S/C62H68N2.C36H24F6O6S2.C14H23N.C6H4BrI/c1-5-7-9-11-13-15-19-47-21-17-23-57(41-47)63-55-35-29-49(30-36-55)51-33-39-59-53(43-51)27-25-45(3)61(59)62-46(4)26-28-54-44-52(34-40-60(54)62)50-31-37-56(38-32-50)64-58-24-18-22-48(42-58)20-16-14-12-10-8-6-2;1-21-3-5-27-19-25(23-7-13-29(14-8-23)47-49(43,44)35(37,38)39)11-17-31(27)33(21)34-22(2)4-6-28-20-26(12-18-32(28)34)24-9-15-30(16-10-24)48-50(45,46)36(40,41)42;1-2-3-4-5-6-7-9-13-10-8-11-14(15)12-13;7-5-2-1-3-6(8)4-5/h17-18,21-44,63-64H,5-16,19-20H2,1-4H3;3-20H,1-2H3;8,10-12H,2-7,9,15H2,1H3;1-4H. The molecule has 0 aliphatic carbocycles. The van der Waals surface area contributed by atoms with E-state index < -0.39 is 42.8 Å². The number of hydrogen-bond acceptors (Lipinski definition) is 9. The Hall–Kier alpha value is -11.8. The van der Waals surface area contributed by atoms with Gasteiger partial charge < -0.3 is 24.7 Å². The Kier molecular flexibility index (Phi) is 36.3. The second-order valence-electron chi connectivity index (χ2n) is 35.3. The number of nitrogens with two attached hydrogens (primary N) is 1. The first-order valence-corrected chi connectivity index (χ1v) is 52.2. The molecule has 9 nitrogen and oxygen atoms in total. The first kappa shape index (κ1) is 103. The Bertz CT molecular complexity index is 6630. The smallest absolute Gasteiger partial charge is 0.399 e. The zero-order valence-electron chi connectivity index (χ0n) is 78.7. The number of nitrogen functional groups attached to an aromatic ring is 1. The maximum atomic E-state index is 12.7. The third-order valence-corrected chi connectivity index (χ3v) is 28.0. The van der Waals surface area contributed by atoms with Gasteiger partial charge in [-0.25, -0.2) is 0 Å². The van der Waals surface area contributed by atoms with E-state index in [1.165, 1.54) is 233 Å². The number of fused-ring (bicyclic) bond motifs is 4. The molecule has 16 rings (SSSR count). The Labute approximate surface area is 826 Å². The molecule has 16 aromatic carbocycles. The van der Waals surface area contributed by atoms with Crippen molar-refractivity contribution in [3.63, 3.8) is 0 Å². The van der Waals surface area contributed by atoms with Gasteiger partial charge in [0.05, 0.1) is 0 Å². The van der Waals surface area contributed by atoms with Gasteiger partial charge in [-0.3, -0.25) is 0 Å². The molecule has 0 fully saturated rings. The van der Waals surface area contributed by atoms with Crippen LogP contribution in [0.4, 0.5) is 54.8 Å². The average molecular weight is 2060 g/mol. The third kappa shape index (κ3) is 28.3. The number of halogens is 8. The predicted molar refractivity (Wildman–Crippen MR) is 574 cm³/mol. The maximum absolute atomic E-state index is 12.7. The van der Waals surface area contributed by atoms with E-state index in [0.29, 0.717) is 11.1 Å². The van der Waals surface area contributed by atoms with Gasteiger partial charge in [-0.1, -0.05) is 321 Å². The summed E-state index contributed by atoms with van der Waals surface area (Å²) < 4.78 is 133. The molecule has 4 N–H and O–H groups in total. The lowest BCUT2D eigenvalue weighted by atomic mass is 9.86. The van der Waals surface area contributed by atoms with Crippen molar-refractivity contribution in [2.24, 2.45) is 0 Å². The van der Waals surface area contributed by atoms with Crippen LogP contribution in [0.1, 0.15) is 175 Å². The first-order chi connectivity index (χ1) is 65.9. The summed E-state index contributed by atoms with van der Waals surface area (Å²) in [7, 11) is -11.6. The van der Waals surface area contributed by atoms with E-state index in [-0.39, 0.29) is 0 Å². The number of benzene rings is 16. The van der Waals surface area contributed by atoms with Gasteiger partial charge in [-0.2, -0.15) is 43.2 Å². The second kappa shape index (κ2) is 48.5. The highest BCUT2D eigenvalue weighted by molar-refractivity contribution is 14.1. The predicted octanol–water partition coefficient (Wildman–Crippen LogP) is 36.2. The minimum atomic E-state index is -5.79. The van der Waals surface area contributed by atoms with Crippen LogP contribution < -0.4 is 24.7 Å². The van der Waals surface area contributed by atoms with E-state index in [1.807, 2.05) is 98.8 Å². The summed E-state index contributed by atoms with van der Waals surface area (Å²) in [4.78, 5) is 0. The normalized spacial score (nSPS) is 11.6. The van der Waals surface area contributed by atoms with E-state index in [9.17, 15) is 43.2 Å². The summed E-state index contributed by atoms with van der Waals surface area (Å²) in [6, 6.07) is 105. The molecular weight excluding hydrogens is 1940 g/mol. The number of unbranched alkanes of at least 4 members (excludes halogenated alkanes) is 15. The van der Waals surface area contributed by atoms with E-state index in [0.717, 1.165) is 125 Å². The quantitative estimate of drug-likeness (QED) is 0.00885. The SMILES string of the molecule is Brc1cccc(I)c1.CCCCCCCCc1cccc(N)c1.CCCCCCCCc1cccc(Nc2ccc(-c3ccc4c(-c5c(C)ccc6cc(-c7ccc(Nc8cccc(CCCCCCCC)c8)cc7)ccc56)c(C)ccc4c3)cc2)c1.Cc1ccc2cc(-c3ccc(OS(=O)(=O)C(F)(F)F)cc3)ccc2c1-c1c(C)ccc2cc(-c3ccc(OS(=O)(=O)C(F)(F)F)cc3)ccc12. The fraction of sp³-hybridized carbons (Fsp3) is 0.254. The van der Waals surface area contributed by atoms with E-state index in [2.05, 4.69) is 274 Å². The van der Waals surface area contributed by atoms with Crippen LogP contribution >= 0.6 is 38.5 Å². The molecule has 0 heterocycles. The number of anilines is 5. The molecule has 0 unspecified atom stereocenters. The van der Waals surface area contributed by atoms with Gasteiger partial charge in [0.2, 0.25) is 0 Å². The molecule has 0 spiro atoms. The zero-order chi connectivity index (χ0) is 97.2. The van der Waals surface area contributed by atoms with Gasteiger partial charge >= 0.3 is 31.3 Å². The monoisotopic (exact) mass is 2060 g/mol. The summed E-state index contributed by atoms with van der Waals surface area (Å²) in [5.41, 5.74) is 21.1. The summed E-state index contributed by atoms with van der Waals surface area (Å²) in [5.74, 6) is -0.941. The zero-order valence-corrected chi connectivity index (χ0v) is 84.1. The number of aryl methyl sites for hydroxylation is 7. The molecule has 0 radical (unpaired) electrons. The highest BCUT2D eigenvalue weighted by Crippen LogP contribution is 2.45. The molecule has 0 saturated heterocycles. The van der Waals surface area contributed by atoms with E-state index in [1.54, 1.807) is 0 Å². The van der Waals surface area contributed by atoms with Crippen LogP contribution in [0, 0.1) is 31.3 Å². The largest absolute Gasteiger partial charge is 0.534 e. The average Bonchev–Trinajstić information content (AvgIpc) is 0.752. The van der Waals surface area contributed by atoms with Crippen molar-refractivity contribution in [2.45, 2.75) is 194 Å². The lowest BCUT2D eigenvalue weighted by Gasteiger charge is -2.17. The van der Waals surface area contributed by atoms with Gasteiger partial charge in [-0.05, 0) is 365 Å². The Balaban J connectivity index is 0.000000190. The van der Waals surface area contributed by atoms with E-state index in [4.69, 9.17) is 5.73 Å². The highest BCUT2D eigenvalue weighted by Gasteiger charge is 2.49. The topological polar surface area (TPSA) is 137 Å². The molecule has 0 aromatic heterocycles. The van der Waals surface area contributed by atoms with Crippen molar-refractivity contribution in [3.8, 4) is 78.3 Å². The highest BCUT2D eigenvalue weighted by atomic mass is 127. The fourth-order valence-corrected chi connectivity index (χ4v) is 19.8. The third-order valence-electron chi connectivity index (χ3n) is 24.8. The van der Waals surface area contributed by atoms with Crippen molar-refractivity contribution in [1.29, 1.82) is 0 Å². The Morgan fingerprint density at radius 1 is 0.299 bits per heavy atom. The summed E-state index contributed by atoms with van der Waals surface area (Å²) in [6.07, 6.45) is 27.6. The summed E-state index contributed by atoms with van der Waals surface area (Å²) in [6.45, 7) is 15.3. The van der Waals surface area contributed by atoms with Gasteiger partial charge in [0.15, 0.2) is 0 Å². The van der Waals surface area contributed by atoms with Gasteiger partial charge in [0.1, 0.15) is 11.5 Å².